The molecule has 0 radical (unpaired) electrons. The molecule has 0 spiro atoms. The van der Waals surface area contributed by atoms with Crippen LogP contribution in [0.25, 0.3) is 0 Å². The Morgan fingerprint density at radius 1 is 1.21 bits per heavy atom. The van der Waals surface area contributed by atoms with Gasteiger partial charge in [0.15, 0.2) is 11.5 Å². The zero-order valence-corrected chi connectivity index (χ0v) is 7.71. The molecule has 0 saturated heterocycles. The molecule has 0 fully saturated rings. The summed E-state index contributed by atoms with van der Waals surface area (Å²) in [6, 6.07) is 4.55. The van der Waals surface area contributed by atoms with Gasteiger partial charge in [0.25, 0.3) is 0 Å². The number of carbonyl (C=O) groups excluding carboxylic acids is 2. The summed E-state index contributed by atoms with van der Waals surface area (Å²) in [7, 11) is 0. The molecule has 1 aromatic carbocycles. The van der Waals surface area contributed by atoms with Crippen LogP contribution < -0.4 is 0 Å². The van der Waals surface area contributed by atoms with Crippen molar-refractivity contribution in [2.75, 3.05) is 0 Å². The lowest BCUT2D eigenvalue weighted by Gasteiger charge is -2.11. The van der Waals surface area contributed by atoms with E-state index < -0.39 is 17.3 Å². The maximum atomic E-state index is 11.4. The zero-order valence-electron chi connectivity index (χ0n) is 6.95. The number of Topliss-reactive ketones (excluding diaryl/α,β-unsaturated/α-hetero) is 1. The number of aliphatic hydroxyl groups is 1. The molecule has 2 rings (SSSR count). The first kappa shape index (κ1) is 8.97. The minimum absolute atomic E-state index is 0.155. The number of halogens is 1. The van der Waals surface area contributed by atoms with Crippen molar-refractivity contribution in [1.82, 2.24) is 0 Å². The van der Waals surface area contributed by atoms with Gasteiger partial charge in [-0.3, -0.25) is 9.59 Å². The molecule has 0 amide bonds. The van der Waals surface area contributed by atoms with Gasteiger partial charge in [-0.15, -0.1) is 0 Å². The second-order valence-corrected chi connectivity index (χ2v) is 3.29. The van der Waals surface area contributed by atoms with E-state index in [4.69, 9.17) is 16.7 Å². The Kier molecular flexibility index (Phi) is 1.89. The van der Waals surface area contributed by atoms with Gasteiger partial charge in [-0.1, -0.05) is 23.7 Å². The number of fused-ring (bicyclic) bond motifs is 1. The van der Waals surface area contributed by atoms with Crippen LogP contribution in [0.5, 0.6) is 0 Å². The third-order valence-corrected chi connectivity index (χ3v) is 2.32. The van der Waals surface area contributed by atoms with Crippen molar-refractivity contribution >= 4 is 23.2 Å². The van der Waals surface area contributed by atoms with Gasteiger partial charge >= 0.3 is 0 Å². The first-order valence-electron chi connectivity index (χ1n) is 3.89. The van der Waals surface area contributed by atoms with Crippen molar-refractivity contribution in [3.63, 3.8) is 0 Å². The van der Waals surface area contributed by atoms with Gasteiger partial charge in [-0.2, -0.15) is 0 Å². The van der Waals surface area contributed by atoms with E-state index in [1.807, 2.05) is 0 Å². The van der Waals surface area contributed by atoms with Crippen molar-refractivity contribution in [2.24, 2.45) is 0 Å². The quantitative estimate of drug-likeness (QED) is 0.711. The summed E-state index contributed by atoms with van der Waals surface area (Å²) in [6.45, 7) is 0. The number of carbonyl (C=O) groups is 2. The van der Waals surface area contributed by atoms with Crippen LogP contribution in [0, 0.1) is 0 Å². The van der Waals surface area contributed by atoms with E-state index in [2.05, 4.69) is 0 Å². The van der Waals surface area contributed by atoms with Gasteiger partial charge in [-0.05, 0) is 6.07 Å². The van der Waals surface area contributed by atoms with Crippen LogP contribution in [0.2, 0.25) is 5.02 Å². The van der Waals surface area contributed by atoms with Crippen LogP contribution in [0.3, 0.4) is 0 Å². The average molecular weight is 209 g/mol. The molecule has 4 heteroatoms. The molecule has 3 nitrogen and oxygen atoms in total. The second-order valence-electron chi connectivity index (χ2n) is 2.89. The molecule has 1 aromatic rings. The number of benzene rings is 1. The van der Waals surface area contributed by atoms with E-state index in [1.165, 1.54) is 12.1 Å². The van der Waals surface area contributed by atoms with E-state index in [0.717, 1.165) is 6.08 Å². The molecule has 1 aliphatic carbocycles. The van der Waals surface area contributed by atoms with E-state index >= 15 is 0 Å². The molecule has 14 heavy (non-hydrogen) atoms. The lowest BCUT2D eigenvalue weighted by molar-refractivity contribution is 0.0939. The van der Waals surface area contributed by atoms with Gasteiger partial charge in [-0.25, -0.2) is 0 Å². The molecule has 1 aliphatic rings. The molecule has 0 heterocycles. The molecule has 0 aliphatic heterocycles. The summed E-state index contributed by atoms with van der Waals surface area (Å²) in [5, 5.41) is 9.36. The SMILES string of the molecule is O=C1C(O)=CC(=O)c2c(Cl)cccc21. The average Bonchev–Trinajstić information content (AvgIpc) is 2.14. The lowest BCUT2D eigenvalue weighted by Crippen LogP contribution is -2.16. The second kappa shape index (κ2) is 2.96. The highest BCUT2D eigenvalue weighted by Gasteiger charge is 2.26. The van der Waals surface area contributed by atoms with Crippen molar-refractivity contribution in [3.05, 3.63) is 46.2 Å². The highest BCUT2D eigenvalue weighted by Crippen LogP contribution is 2.26. The molecule has 0 aromatic heterocycles. The maximum Gasteiger partial charge on any atom is 0.228 e. The number of hydrogen-bond donors (Lipinski definition) is 1. The van der Waals surface area contributed by atoms with Gasteiger partial charge < -0.3 is 5.11 Å². The standard InChI is InChI=1S/C10H5ClO3/c11-6-3-1-2-5-9(6)7(12)4-8(13)10(5)14/h1-4,13H. The minimum atomic E-state index is -0.568. The van der Waals surface area contributed by atoms with Crippen LogP contribution in [-0.4, -0.2) is 16.7 Å². The first-order valence-corrected chi connectivity index (χ1v) is 4.27. The summed E-state index contributed by atoms with van der Waals surface area (Å²) in [6.07, 6.45) is 0.885. The largest absolute Gasteiger partial charge is 0.504 e. The topological polar surface area (TPSA) is 54.4 Å². The molecule has 1 N–H and O–H groups in total. The van der Waals surface area contributed by atoms with Crippen LogP contribution >= 0.6 is 11.6 Å². The van der Waals surface area contributed by atoms with E-state index in [9.17, 15) is 9.59 Å². The fourth-order valence-corrected chi connectivity index (χ4v) is 1.63. The summed E-state index contributed by atoms with van der Waals surface area (Å²) in [4.78, 5) is 22.8. The normalized spacial score (nSPS) is 15.1. The third-order valence-electron chi connectivity index (χ3n) is 2.01. The predicted octanol–water partition coefficient (Wildman–Crippen LogP) is 2.16. The fourth-order valence-electron chi connectivity index (χ4n) is 1.36. The van der Waals surface area contributed by atoms with Crippen molar-refractivity contribution in [2.45, 2.75) is 0 Å². The third kappa shape index (κ3) is 1.14. The minimum Gasteiger partial charge on any atom is -0.504 e. The van der Waals surface area contributed by atoms with E-state index in [1.54, 1.807) is 6.07 Å². The summed E-state index contributed by atoms with van der Waals surface area (Å²) >= 11 is 5.77. The Bertz CT molecular complexity index is 474. The Balaban J connectivity index is 2.75. The molecule has 0 atom stereocenters. The van der Waals surface area contributed by atoms with Crippen molar-refractivity contribution < 1.29 is 14.7 Å². The number of hydrogen-bond acceptors (Lipinski definition) is 3. The van der Waals surface area contributed by atoms with Crippen molar-refractivity contribution in [1.29, 1.82) is 0 Å². The smallest absolute Gasteiger partial charge is 0.228 e. The first-order chi connectivity index (χ1) is 6.61. The van der Waals surface area contributed by atoms with E-state index in [0.29, 0.717) is 0 Å². The monoisotopic (exact) mass is 208 g/mol. The highest BCUT2D eigenvalue weighted by atomic mass is 35.5. The number of allylic oxidation sites excluding steroid dienone is 2. The van der Waals surface area contributed by atoms with Crippen LogP contribution in [-0.2, 0) is 0 Å². The summed E-state index contributed by atoms with van der Waals surface area (Å²) < 4.78 is 0. The zero-order chi connectivity index (χ0) is 10.3. The van der Waals surface area contributed by atoms with Crippen LogP contribution in [0.4, 0.5) is 0 Å². The van der Waals surface area contributed by atoms with E-state index in [-0.39, 0.29) is 16.1 Å². The molecular formula is C10H5ClO3. The Hall–Kier alpha value is -1.61. The molecule has 0 saturated carbocycles. The van der Waals surface area contributed by atoms with Gasteiger partial charge in [0.1, 0.15) is 0 Å². The lowest BCUT2D eigenvalue weighted by atomic mass is 9.94. The Labute approximate surface area is 84.6 Å². The van der Waals surface area contributed by atoms with Gasteiger partial charge in [0, 0.05) is 11.6 Å². The number of rotatable bonds is 0. The Morgan fingerprint density at radius 3 is 2.64 bits per heavy atom. The number of aliphatic hydroxyl groups excluding tert-OH is 1. The molecule has 70 valence electrons. The molecule has 0 bridgehead atoms. The summed E-state index contributed by atoms with van der Waals surface area (Å²) in [5.74, 6) is -1.55. The summed E-state index contributed by atoms with van der Waals surface area (Å²) in [5.41, 5.74) is 0.319. The predicted molar refractivity (Wildman–Crippen MR) is 50.8 cm³/mol. The maximum absolute atomic E-state index is 11.4. The number of ketones is 2. The Morgan fingerprint density at radius 2 is 1.93 bits per heavy atom. The van der Waals surface area contributed by atoms with Crippen LogP contribution in [0.1, 0.15) is 20.7 Å². The molecular weight excluding hydrogens is 204 g/mol. The fraction of sp³-hybridized carbons (Fsp3) is 0. The molecule has 0 unspecified atom stereocenters. The van der Waals surface area contributed by atoms with Gasteiger partial charge in [0.2, 0.25) is 5.78 Å². The highest BCUT2D eigenvalue weighted by molar-refractivity contribution is 6.37. The van der Waals surface area contributed by atoms with Gasteiger partial charge in [0.05, 0.1) is 10.6 Å². The van der Waals surface area contributed by atoms with Crippen molar-refractivity contribution in [3.8, 4) is 0 Å². The van der Waals surface area contributed by atoms with Crippen LogP contribution in [0.15, 0.2) is 30.0 Å².